The van der Waals surface area contributed by atoms with Crippen LogP contribution in [0.15, 0.2) is 12.1 Å². The highest BCUT2D eigenvalue weighted by atomic mass is 19.1. The Labute approximate surface area is 110 Å². The van der Waals surface area contributed by atoms with Crippen molar-refractivity contribution >= 4 is 0 Å². The monoisotopic (exact) mass is 249 g/mol. The van der Waals surface area contributed by atoms with Gasteiger partial charge in [-0.05, 0) is 55.3 Å². The topological polar surface area (TPSA) is 12.0 Å². The first-order valence-corrected chi connectivity index (χ1v) is 7.08. The summed E-state index contributed by atoms with van der Waals surface area (Å²) in [5.41, 5.74) is 2.89. The van der Waals surface area contributed by atoms with Crippen molar-refractivity contribution in [1.29, 1.82) is 0 Å². The molecule has 0 saturated heterocycles. The fourth-order valence-electron chi connectivity index (χ4n) is 3.35. The molecule has 1 aliphatic rings. The number of rotatable bonds is 4. The molecule has 1 N–H and O–H groups in total. The largest absolute Gasteiger partial charge is 0.314 e. The van der Waals surface area contributed by atoms with E-state index in [-0.39, 0.29) is 5.82 Å². The van der Waals surface area contributed by atoms with E-state index in [4.69, 9.17) is 0 Å². The van der Waals surface area contributed by atoms with Gasteiger partial charge in [0.25, 0.3) is 0 Å². The number of aryl methyl sites for hydroxylation is 2. The van der Waals surface area contributed by atoms with E-state index in [1.165, 1.54) is 18.4 Å². The SMILES string of the molecule is CCNC1CC(c2cc(C)c(F)c(C)c2)C1CC. The summed E-state index contributed by atoms with van der Waals surface area (Å²) in [5, 5.41) is 3.55. The second-order valence-electron chi connectivity index (χ2n) is 5.55. The molecule has 1 aliphatic carbocycles. The van der Waals surface area contributed by atoms with Crippen LogP contribution >= 0.6 is 0 Å². The first-order chi connectivity index (χ1) is 8.58. The highest BCUT2D eigenvalue weighted by Gasteiger charge is 2.40. The fourth-order valence-corrected chi connectivity index (χ4v) is 3.35. The zero-order chi connectivity index (χ0) is 13.3. The van der Waals surface area contributed by atoms with Crippen molar-refractivity contribution in [1.82, 2.24) is 5.32 Å². The zero-order valence-electron chi connectivity index (χ0n) is 11.9. The van der Waals surface area contributed by atoms with Crippen molar-refractivity contribution in [2.75, 3.05) is 6.54 Å². The van der Waals surface area contributed by atoms with Crippen molar-refractivity contribution in [3.63, 3.8) is 0 Å². The molecule has 0 radical (unpaired) electrons. The number of benzene rings is 1. The third-order valence-corrected chi connectivity index (χ3v) is 4.37. The van der Waals surface area contributed by atoms with Gasteiger partial charge in [0.15, 0.2) is 0 Å². The first kappa shape index (κ1) is 13.5. The Morgan fingerprint density at radius 1 is 1.22 bits per heavy atom. The van der Waals surface area contributed by atoms with E-state index in [0.717, 1.165) is 17.7 Å². The van der Waals surface area contributed by atoms with Gasteiger partial charge in [-0.15, -0.1) is 0 Å². The fraction of sp³-hybridized carbons (Fsp3) is 0.625. The van der Waals surface area contributed by atoms with Gasteiger partial charge in [-0.3, -0.25) is 0 Å². The minimum absolute atomic E-state index is 0.0469. The lowest BCUT2D eigenvalue weighted by Crippen LogP contribution is -2.48. The summed E-state index contributed by atoms with van der Waals surface area (Å²) < 4.78 is 13.7. The van der Waals surface area contributed by atoms with Gasteiger partial charge in [0.2, 0.25) is 0 Å². The molecule has 0 spiro atoms. The van der Waals surface area contributed by atoms with Gasteiger partial charge >= 0.3 is 0 Å². The van der Waals surface area contributed by atoms with Crippen LogP contribution in [0.25, 0.3) is 0 Å². The number of nitrogens with one attached hydrogen (secondary N) is 1. The minimum atomic E-state index is -0.0469. The van der Waals surface area contributed by atoms with Gasteiger partial charge in [-0.2, -0.15) is 0 Å². The van der Waals surface area contributed by atoms with Gasteiger partial charge in [0.05, 0.1) is 0 Å². The van der Waals surface area contributed by atoms with Gasteiger partial charge in [0.1, 0.15) is 5.82 Å². The van der Waals surface area contributed by atoms with Crippen LogP contribution in [0.2, 0.25) is 0 Å². The molecular formula is C16H24FN. The second kappa shape index (κ2) is 5.40. The Morgan fingerprint density at radius 3 is 2.33 bits per heavy atom. The van der Waals surface area contributed by atoms with E-state index in [0.29, 0.717) is 17.9 Å². The van der Waals surface area contributed by atoms with E-state index in [2.05, 4.69) is 19.2 Å². The van der Waals surface area contributed by atoms with Crippen LogP contribution in [0, 0.1) is 25.6 Å². The molecule has 0 aliphatic heterocycles. The number of hydrogen-bond acceptors (Lipinski definition) is 1. The molecule has 0 aromatic heterocycles. The Balaban J connectivity index is 2.18. The van der Waals surface area contributed by atoms with Gasteiger partial charge in [-0.1, -0.05) is 32.4 Å². The predicted octanol–water partition coefficient (Wildman–Crippen LogP) is 3.93. The standard InChI is InChI=1S/C16H24FN/c1-5-13-14(9-15(13)18-6-2)12-7-10(3)16(17)11(4)8-12/h7-8,13-15,18H,5-6,9H2,1-4H3. The normalized spacial score (nSPS) is 27.1. The Morgan fingerprint density at radius 2 is 1.83 bits per heavy atom. The highest BCUT2D eigenvalue weighted by Crippen LogP contribution is 2.45. The summed E-state index contributed by atoms with van der Waals surface area (Å²) >= 11 is 0. The van der Waals surface area contributed by atoms with Crippen LogP contribution in [0.3, 0.4) is 0 Å². The van der Waals surface area contributed by atoms with Crippen molar-refractivity contribution in [2.45, 2.75) is 52.5 Å². The molecule has 1 saturated carbocycles. The van der Waals surface area contributed by atoms with Crippen molar-refractivity contribution in [2.24, 2.45) is 5.92 Å². The van der Waals surface area contributed by atoms with Crippen molar-refractivity contribution in [3.05, 3.63) is 34.6 Å². The highest BCUT2D eigenvalue weighted by molar-refractivity contribution is 5.34. The van der Waals surface area contributed by atoms with E-state index < -0.39 is 0 Å². The summed E-state index contributed by atoms with van der Waals surface area (Å²) in [6, 6.07) is 4.73. The first-order valence-electron chi connectivity index (χ1n) is 7.08. The molecular weight excluding hydrogens is 225 g/mol. The molecule has 0 bridgehead atoms. The second-order valence-corrected chi connectivity index (χ2v) is 5.55. The van der Waals surface area contributed by atoms with Gasteiger partial charge < -0.3 is 5.32 Å². The third-order valence-electron chi connectivity index (χ3n) is 4.37. The molecule has 1 aromatic rings. The van der Waals surface area contributed by atoms with Crippen LogP contribution in [0.4, 0.5) is 4.39 Å². The summed E-state index contributed by atoms with van der Waals surface area (Å²) in [6.45, 7) is 9.19. The molecule has 2 rings (SSSR count). The lowest BCUT2D eigenvalue weighted by atomic mass is 9.64. The van der Waals surface area contributed by atoms with E-state index >= 15 is 0 Å². The van der Waals surface area contributed by atoms with E-state index in [1.54, 1.807) is 0 Å². The molecule has 18 heavy (non-hydrogen) atoms. The maximum atomic E-state index is 13.7. The van der Waals surface area contributed by atoms with E-state index in [9.17, 15) is 4.39 Å². The van der Waals surface area contributed by atoms with Crippen molar-refractivity contribution < 1.29 is 4.39 Å². The molecule has 2 heteroatoms. The zero-order valence-corrected chi connectivity index (χ0v) is 11.9. The molecule has 3 unspecified atom stereocenters. The molecule has 1 aromatic carbocycles. The Bertz CT molecular complexity index is 404. The Hall–Kier alpha value is -0.890. The summed E-state index contributed by atoms with van der Waals surface area (Å²) in [6.07, 6.45) is 2.38. The van der Waals surface area contributed by atoms with Gasteiger partial charge in [0, 0.05) is 6.04 Å². The molecule has 0 heterocycles. The smallest absolute Gasteiger partial charge is 0.129 e. The quantitative estimate of drug-likeness (QED) is 0.852. The number of hydrogen-bond donors (Lipinski definition) is 1. The molecule has 0 amide bonds. The van der Waals surface area contributed by atoms with Crippen LogP contribution < -0.4 is 5.32 Å². The van der Waals surface area contributed by atoms with Crippen LogP contribution in [0.1, 0.15) is 49.3 Å². The average Bonchev–Trinajstić information content (AvgIpc) is 2.31. The molecule has 1 nitrogen and oxygen atoms in total. The van der Waals surface area contributed by atoms with Gasteiger partial charge in [-0.25, -0.2) is 4.39 Å². The third kappa shape index (κ3) is 2.31. The average molecular weight is 249 g/mol. The molecule has 1 fully saturated rings. The maximum Gasteiger partial charge on any atom is 0.129 e. The lowest BCUT2D eigenvalue weighted by Gasteiger charge is -2.45. The molecule has 100 valence electrons. The van der Waals surface area contributed by atoms with E-state index in [1.807, 2.05) is 26.0 Å². The minimum Gasteiger partial charge on any atom is -0.314 e. The Kier molecular flexibility index (Phi) is 4.06. The van der Waals surface area contributed by atoms with Crippen molar-refractivity contribution in [3.8, 4) is 0 Å². The summed E-state index contributed by atoms with van der Waals surface area (Å²) in [5.74, 6) is 1.26. The van der Waals surface area contributed by atoms with Crippen LogP contribution in [-0.2, 0) is 0 Å². The lowest BCUT2D eigenvalue weighted by molar-refractivity contribution is 0.162. The summed E-state index contributed by atoms with van der Waals surface area (Å²) in [4.78, 5) is 0. The maximum absolute atomic E-state index is 13.7. The molecule has 3 atom stereocenters. The van der Waals surface area contributed by atoms with Crippen LogP contribution in [-0.4, -0.2) is 12.6 Å². The number of halogens is 1. The van der Waals surface area contributed by atoms with Crippen LogP contribution in [0.5, 0.6) is 0 Å². The summed E-state index contributed by atoms with van der Waals surface area (Å²) in [7, 11) is 0. The predicted molar refractivity (Wildman–Crippen MR) is 74.5 cm³/mol.